The van der Waals surface area contributed by atoms with Crippen molar-refractivity contribution in [2.45, 2.75) is 33.3 Å². The van der Waals surface area contributed by atoms with E-state index in [9.17, 15) is 9.59 Å². The number of hydrogen-bond acceptors (Lipinski definition) is 3. The van der Waals surface area contributed by atoms with E-state index in [4.69, 9.17) is 18.7 Å². The van der Waals surface area contributed by atoms with Crippen LogP contribution in [0.2, 0.25) is 0 Å². The van der Waals surface area contributed by atoms with Crippen LogP contribution in [0, 0.1) is 20.0 Å². The average Bonchev–Trinajstić information content (AvgIpc) is 2.50. The Morgan fingerprint density at radius 1 is 1.04 bits per heavy atom. The Hall–Kier alpha value is -1.84. The standard InChI is InChI=1S/C12H19NO3.3CO.Fe/c1-5-6-7-8-10(14)9-13-11(15)16-12(2,3)4;3*1-2;/h5-8H,9H2,1-4H3,(H,13,15);;;;/b6-5+,8-7+;;;;. The monoisotopic (exact) mass is 365 g/mol. The van der Waals surface area contributed by atoms with Gasteiger partial charge in [-0.2, -0.15) is 0 Å². The smallest absolute Gasteiger partial charge is 0 e. The Kier molecular flexibility index (Phi) is 36.0. The van der Waals surface area contributed by atoms with Gasteiger partial charge in [-0.1, -0.05) is 18.2 Å². The van der Waals surface area contributed by atoms with E-state index < -0.39 is 11.7 Å². The Balaban J connectivity index is -0.000000137. The van der Waals surface area contributed by atoms with Crippen LogP contribution in [0.1, 0.15) is 27.7 Å². The van der Waals surface area contributed by atoms with Crippen LogP contribution in [-0.2, 0) is 40.6 Å². The molecule has 7 nitrogen and oxygen atoms in total. The van der Waals surface area contributed by atoms with Gasteiger partial charge in [-0.3, -0.25) is 4.79 Å². The fraction of sp³-hybridized carbons (Fsp3) is 0.400. The van der Waals surface area contributed by atoms with E-state index in [0.717, 1.165) is 0 Å². The Labute approximate surface area is 147 Å². The quantitative estimate of drug-likeness (QED) is 0.270. The molecule has 0 aliphatic rings. The second kappa shape index (κ2) is 25.1. The molecule has 128 valence electrons. The Morgan fingerprint density at radius 2 is 1.48 bits per heavy atom. The number of amides is 1. The summed E-state index contributed by atoms with van der Waals surface area (Å²) < 4.78 is 27.5. The van der Waals surface area contributed by atoms with Crippen molar-refractivity contribution >= 4 is 11.9 Å². The molecular weight excluding hydrogens is 346 g/mol. The Bertz CT molecular complexity index is 402. The summed E-state index contributed by atoms with van der Waals surface area (Å²) in [6.07, 6.45) is 5.99. The minimum atomic E-state index is -0.583. The summed E-state index contributed by atoms with van der Waals surface area (Å²) in [7, 11) is 0. The van der Waals surface area contributed by atoms with Gasteiger partial charge in [-0.25, -0.2) is 4.79 Å². The van der Waals surface area contributed by atoms with Crippen LogP contribution < -0.4 is 5.32 Å². The maximum absolute atomic E-state index is 11.2. The first-order chi connectivity index (χ1) is 10.3. The zero-order valence-corrected chi connectivity index (χ0v) is 14.4. The number of nitrogens with one attached hydrogen (secondary N) is 1. The summed E-state index contributed by atoms with van der Waals surface area (Å²) in [5, 5.41) is 2.38. The van der Waals surface area contributed by atoms with Gasteiger partial charge >= 0.3 is 40.0 Å². The van der Waals surface area contributed by atoms with Crippen LogP contribution in [0.3, 0.4) is 0 Å². The van der Waals surface area contributed by atoms with Gasteiger partial charge in [-0.05, 0) is 33.8 Å². The average molecular weight is 365 g/mol. The maximum Gasteiger partial charge on any atom is 0 e. The minimum Gasteiger partial charge on any atom is 0 e. The van der Waals surface area contributed by atoms with Crippen LogP contribution >= 0.6 is 0 Å². The first-order valence-electron chi connectivity index (χ1n) is 5.75. The van der Waals surface area contributed by atoms with Crippen molar-refractivity contribution in [3.63, 3.8) is 0 Å². The summed E-state index contributed by atoms with van der Waals surface area (Å²) in [4.78, 5) is 22.4. The zero-order chi connectivity index (χ0) is 18.6. The number of ketones is 1. The van der Waals surface area contributed by atoms with Crippen LogP contribution in [0.25, 0.3) is 0 Å². The summed E-state index contributed by atoms with van der Waals surface area (Å²) in [5.41, 5.74) is -0.548. The number of carbonyl (C=O) groups is 2. The van der Waals surface area contributed by atoms with Crippen LogP contribution in [0.4, 0.5) is 4.79 Å². The van der Waals surface area contributed by atoms with Gasteiger partial charge in [0.2, 0.25) is 0 Å². The summed E-state index contributed by atoms with van der Waals surface area (Å²) in [6, 6.07) is 0. The van der Waals surface area contributed by atoms with Crippen LogP contribution in [0.5, 0.6) is 0 Å². The fourth-order valence-electron chi connectivity index (χ4n) is 0.806. The first-order valence-corrected chi connectivity index (χ1v) is 5.75. The molecule has 1 N–H and O–H groups in total. The molecule has 0 aromatic carbocycles. The predicted molar refractivity (Wildman–Crippen MR) is 75.0 cm³/mol. The molecule has 0 bridgehead atoms. The van der Waals surface area contributed by atoms with Gasteiger partial charge in [0.25, 0.3) is 0 Å². The number of carbonyl (C=O) groups excluding carboxylic acids is 2. The van der Waals surface area contributed by atoms with Gasteiger partial charge in [0.05, 0.1) is 6.54 Å². The number of rotatable bonds is 4. The third-order valence-corrected chi connectivity index (χ3v) is 1.39. The van der Waals surface area contributed by atoms with Crippen molar-refractivity contribution in [1.29, 1.82) is 0 Å². The zero-order valence-electron chi connectivity index (χ0n) is 13.3. The van der Waals surface area contributed by atoms with Crippen LogP contribution in [-0.4, -0.2) is 24.0 Å². The van der Waals surface area contributed by atoms with E-state index in [2.05, 4.69) is 25.3 Å². The molecule has 0 aromatic rings. The van der Waals surface area contributed by atoms with Crippen LogP contribution in [0.15, 0.2) is 24.3 Å². The molecule has 0 saturated heterocycles. The van der Waals surface area contributed by atoms with E-state index in [-0.39, 0.29) is 29.4 Å². The number of alkyl carbamates (subject to hydrolysis) is 1. The molecule has 0 fully saturated rings. The molecule has 0 saturated carbocycles. The third kappa shape index (κ3) is 38.4. The van der Waals surface area contributed by atoms with Crippen molar-refractivity contribution < 1.29 is 45.4 Å². The molecular formula is C15H19FeNO6. The van der Waals surface area contributed by atoms with E-state index in [1.165, 1.54) is 6.08 Å². The molecule has 0 radical (unpaired) electrons. The molecule has 0 aliphatic carbocycles. The van der Waals surface area contributed by atoms with Crippen molar-refractivity contribution in [3.8, 4) is 0 Å². The number of ether oxygens (including phenoxy) is 1. The normalized spacial score (nSPS) is 8.61. The molecule has 1 amide bonds. The van der Waals surface area contributed by atoms with E-state index in [0.29, 0.717) is 0 Å². The van der Waals surface area contributed by atoms with Gasteiger partial charge in [0.1, 0.15) is 5.60 Å². The second-order valence-electron chi connectivity index (χ2n) is 4.21. The molecule has 0 rings (SSSR count). The van der Waals surface area contributed by atoms with Gasteiger partial charge in [0, 0.05) is 17.1 Å². The topological polar surface area (TPSA) is 115 Å². The molecule has 8 heteroatoms. The van der Waals surface area contributed by atoms with Gasteiger partial charge < -0.3 is 10.1 Å². The maximum atomic E-state index is 11.2. The first kappa shape index (κ1) is 32.9. The molecule has 0 spiro atoms. The molecule has 0 aromatic heterocycles. The van der Waals surface area contributed by atoms with Gasteiger partial charge in [-0.15, -0.1) is 0 Å². The minimum absolute atomic E-state index is 0. The SMILES string of the molecule is C/C=C/C=C/C(=O)CNC(=O)OC(C)(C)C.[C-]#[O+].[C-]#[O+].[C-]#[O+].[Fe]. The Morgan fingerprint density at radius 3 is 1.83 bits per heavy atom. The number of hydrogen-bond donors (Lipinski definition) is 1. The van der Waals surface area contributed by atoms with Crippen molar-refractivity contribution in [2.75, 3.05) is 6.54 Å². The molecule has 0 heterocycles. The largest absolute Gasteiger partial charge is 0 e. The summed E-state index contributed by atoms with van der Waals surface area (Å²) >= 11 is 0. The van der Waals surface area contributed by atoms with Crippen molar-refractivity contribution in [1.82, 2.24) is 5.32 Å². The molecule has 23 heavy (non-hydrogen) atoms. The van der Waals surface area contributed by atoms with Crippen molar-refractivity contribution in [2.24, 2.45) is 0 Å². The molecule has 0 atom stereocenters. The number of allylic oxidation sites excluding steroid dienone is 3. The van der Waals surface area contributed by atoms with E-state index in [1.54, 1.807) is 32.9 Å². The second-order valence-corrected chi connectivity index (χ2v) is 4.21. The van der Waals surface area contributed by atoms with E-state index in [1.807, 2.05) is 13.0 Å². The third-order valence-electron chi connectivity index (χ3n) is 1.39. The molecule has 0 unspecified atom stereocenters. The summed E-state index contributed by atoms with van der Waals surface area (Å²) in [6.45, 7) is 20.6. The summed E-state index contributed by atoms with van der Waals surface area (Å²) in [5.74, 6) is -0.177. The predicted octanol–water partition coefficient (Wildman–Crippen LogP) is 2.10. The molecule has 0 aliphatic heterocycles. The van der Waals surface area contributed by atoms with E-state index >= 15 is 0 Å². The van der Waals surface area contributed by atoms with Gasteiger partial charge in [0.15, 0.2) is 5.78 Å². The fourth-order valence-corrected chi connectivity index (χ4v) is 0.806. The van der Waals surface area contributed by atoms with Crippen molar-refractivity contribution in [3.05, 3.63) is 44.3 Å².